The molecule has 0 saturated carbocycles. The fourth-order valence-corrected chi connectivity index (χ4v) is 2.18. The zero-order valence-corrected chi connectivity index (χ0v) is 11.3. The van der Waals surface area contributed by atoms with Gasteiger partial charge in [0.25, 0.3) is 0 Å². The van der Waals surface area contributed by atoms with Crippen molar-refractivity contribution in [2.45, 2.75) is 51.8 Å². The Hall–Kier alpha value is -0.630. The molecule has 0 saturated heterocycles. The minimum absolute atomic E-state index is 0.176. The minimum Gasteiger partial charge on any atom is -0.241 e. The second-order valence-corrected chi connectivity index (χ2v) is 5.64. The molecule has 0 radical (unpaired) electrons. The van der Waals surface area contributed by atoms with E-state index in [9.17, 15) is 0 Å². The highest BCUT2D eigenvalue weighted by molar-refractivity contribution is 6.20. The molecule has 0 aliphatic rings. The average molecular weight is 241 g/mol. The summed E-state index contributed by atoms with van der Waals surface area (Å²) in [5.41, 5.74) is 2.15. The number of hydrogen-bond donors (Lipinski definition) is 0. The summed E-state index contributed by atoms with van der Waals surface area (Å²) in [5, 5.41) is 0.176. The maximum Gasteiger partial charge on any atom is 0.115 e. The third kappa shape index (κ3) is 4.48. The van der Waals surface area contributed by atoms with Crippen molar-refractivity contribution in [3.05, 3.63) is 23.8 Å². The van der Waals surface area contributed by atoms with Crippen molar-refractivity contribution in [1.29, 1.82) is 0 Å². The van der Waals surface area contributed by atoms with Gasteiger partial charge in [-0.2, -0.15) is 0 Å². The highest BCUT2D eigenvalue weighted by atomic mass is 35.5. The van der Waals surface area contributed by atoms with Gasteiger partial charge in [-0.3, -0.25) is 0 Å². The topological polar surface area (TPSA) is 25.8 Å². The number of halogens is 1. The van der Waals surface area contributed by atoms with Crippen LogP contribution in [0.4, 0.5) is 0 Å². The third-order valence-electron chi connectivity index (χ3n) is 2.49. The Bertz CT molecular complexity index is 323. The highest BCUT2D eigenvalue weighted by Gasteiger charge is 2.10. The number of rotatable bonds is 5. The fourth-order valence-electron chi connectivity index (χ4n) is 1.66. The predicted molar refractivity (Wildman–Crippen MR) is 68.9 cm³/mol. The molecule has 1 aromatic rings. The molecule has 0 aliphatic carbocycles. The molecule has 0 aromatic carbocycles. The maximum absolute atomic E-state index is 6.28. The van der Waals surface area contributed by atoms with Crippen LogP contribution in [0.15, 0.2) is 12.4 Å². The molecule has 1 aromatic heterocycles. The summed E-state index contributed by atoms with van der Waals surface area (Å²) in [6.45, 7) is 8.65. The number of hydrogen-bond acceptors (Lipinski definition) is 2. The Morgan fingerprint density at radius 3 is 2.44 bits per heavy atom. The van der Waals surface area contributed by atoms with Gasteiger partial charge in [0.15, 0.2) is 0 Å². The zero-order valence-electron chi connectivity index (χ0n) is 10.6. The molecule has 0 amide bonds. The lowest BCUT2D eigenvalue weighted by Gasteiger charge is -2.12. The lowest BCUT2D eigenvalue weighted by atomic mass is 10.0. The highest BCUT2D eigenvalue weighted by Crippen LogP contribution is 2.17. The minimum atomic E-state index is 0.176. The second-order valence-electron chi connectivity index (χ2n) is 5.02. The lowest BCUT2D eigenvalue weighted by Crippen LogP contribution is -2.09. The zero-order chi connectivity index (χ0) is 12.1. The lowest BCUT2D eigenvalue weighted by molar-refractivity contribution is 0.558. The molecule has 1 unspecified atom stereocenters. The summed E-state index contributed by atoms with van der Waals surface area (Å²) in [6, 6.07) is 2.07. The molecule has 2 nitrogen and oxygen atoms in total. The summed E-state index contributed by atoms with van der Waals surface area (Å²) in [7, 11) is 0. The van der Waals surface area contributed by atoms with Crippen LogP contribution in [-0.2, 0) is 6.42 Å². The summed E-state index contributed by atoms with van der Waals surface area (Å²) in [4.78, 5) is 8.53. The van der Waals surface area contributed by atoms with Crippen LogP contribution in [0.3, 0.4) is 0 Å². The molecular formula is C13H21ClN2. The van der Waals surface area contributed by atoms with Gasteiger partial charge in [-0.25, -0.2) is 9.97 Å². The molecule has 0 bridgehead atoms. The fraction of sp³-hybridized carbons (Fsp3) is 0.692. The Kier molecular flexibility index (Phi) is 5.20. The number of aromatic nitrogens is 2. The Morgan fingerprint density at radius 2 is 1.88 bits per heavy atom. The van der Waals surface area contributed by atoms with Crippen molar-refractivity contribution in [3.63, 3.8) is 0 Å². The first-order valence-electron chi connectivity index (χ1n) is 5.94. The summed E-state index contributed by atoms with van der Waals surface area (Å²) < 4.78 is 0. The molecule has 1 atom stereocenters. The van der Waals surface area contributed by atoms with Crippen LogP contribution in [0.25, 0.3) is 0 Å². The third-order valence-corrected chi connectivity index (χ3v) is 2.83. The summed E-state index contributed by atoms with van der Waals surface area (Å²) >= 11 is 6.28. The van der Waals surface area contributed by atoms with Gasteiger partial charge in [-0.15, -0.1) is 11.6 Å². The normalized spacial score (nSPS) is 13.4. The molecule has 16 heavy (non-hydrogen) atoms. The average Bonchev–Trinajstić information content (AvgIpc) is 2.16. The van der Waals surface area contributed by atoms with E-state index in [-0.39, 0.29) is 5.38 Å². The van der Waals surface area contributed by atoms with E-state index in [1.807, 2.05) is 0 Å². The Balaban J connectivity index is 2.63. The monoisotopic (exact) mass is 240 g/mol. The first-order chi connectivity index (χ1) is 7.49. The van der Waals surface area contributed by atoms with Crippen LogP contribution < -0.4 is 0 Å². The van der Waals surface area contributed by atoms with Crippen molar-refractivity contribution in [1.82, 2.24) is 9.97 Å². The van der Waals surface area contributed by atoms with E-state index < -0.39 is 0 Å². The van der Waals surface area contributed by atoms with Gasteiger partial charge in [0.2, 0.25) is 0 Å². The van der Waals surface area contributed by atoms with Crippen LogP contribution in [0.2, 0.25) is 0 Å². The van der Waals surface area contributed by atoms with E-state index in [0.717, 1.165) is 24.2 Å². The quantitative estimate of drug-likeness (QED) is 0.732. The molecule has 0 fully saturated rings. The van der Waals surface area contributed by atoms with E-state index in [4.69, 9.17) is 11.6 Å². The Morgan fingerprint density at radius 1 is 1.19 bits per heavy atom. The summed E-state index contributed by atoms with van der Waals surface area (Å²) in [5.74, 6) is 1.08. The largest absolute Gasteiger partial charge is 0.241 e. The van der Waals surface area contributed by atoms with Crippen molar-refractivity contribution in [2.75, 3.05) is 0 Å². The van der Waals surface area contributed by atoms with Gasteiger partial charge in [-0.1, -0.05) is 27.7 Å². The SMILES string of the molecule is CC(C)CC(Cl)Cc1cc(C(C)C)ncn1. The second kappa shape index (κ2) is 6.19. The van der Waals surface area contributed by atoms with Gasteiger partial charge in [-0.05, 0) is 24.3 Å². The summed E-state index contributed by atoms with van der Waals surface area (Å²) in [6.07, 6.45) is 3.51. The standard InChI is InChI=1S/C13H21ClN2/c1-9(2)5-11(14)6-12-7-13(10(3)4)16-8-15-12/h7-11H,5-6H2,1-4H3. The van der Waals surface area contributed by atoms with Crippen molar-refractivity contribution in [3.8, 4) is 0 Å². The van der Waals surface area contributed by atoms with Crippen molar-refractivity contribution in [2.24, 2.45) is 5.92 Å². The van der Waals surface area contributed by atoms with E-state index in [1.165, 1.54) is 0 Å². The van der Waals surface area contributed by atoms with E-state index in [1.54, 1.807) is 6.33 Å². The molecule has 0 N–H and O–H groups in total. The van der Waals surface area contributed by atoms with Crippen molar-refractivity contribution < 1.29 is 0 Å². The predicted octanol–water partition coefficient (Wildman–Crippen LogP) is 3.80. The van der Waals surface area contributed by atoms with Gasteiger partial charge in [0.1, 0.15) is 6.33 Å². The van der Waals surface area contributed by atoms with E-state index >= 15 is 0 Å². The van der Waals surface area contributed by atoms with Crippen LogP contribution in [-0.4, -0.2) is 15.3 Å². The first kappa shape index (κ1) is 13.4. The first-order valence-corrected chi connectivity index (χ1v) is 6.37. The van der Waals surface area contributed by atoms with Crippen LogP contribution in [0.5, 0.6) is 0 Å². The molecule has 1 heterocycles. The maximum atomic E-state index is 6.28. The van der Waals surface area contributed by atoms with Crippen molar-refractivity contribution >= 4 is 11.6 Å². The van der Waals surface area contributed by atoms with Crippen LogP contribution in [0, 0.1) is 5.92 Å². The molecule has 0 aliphatic heterocycles. The van der Waals surface area contributed by atoms with Gasteiger partial charge < -0.3 is 0 Å². The Labute approximate surface area is 103 Å². The molecule has 0 spiro atoms. The van der Waals surface area contributed by atoms with Crippen LogP contribution >= 0.6 is 11.6 Å². The van der Waals surface area contributed by atoms with Gasteiger partial charge >= 0.3 is 0 Å². The van der Waals surface area contributed by atoms with E-state index in [2.05, 4.69) is 43.7 Å². The number of alkyl halides is 1. The van der Waals surface area contributed by atoms with E-state index in [0.29, 0.717) is 11.8 Å². The van der Waals surface area contributed by atoms with Gasteiger partial charge in [0, 0.05) is 23.2 Å². The van der Waals surface area contributed by atoms with Gasteiger partial charge in [0.05, 0.1) is 0 Å². The molecular weight excluding hydrogens is 220 g/mol. The smallest absolute Gasteiger partial charge is 0.115 e. The molecule has 1 rings (SSSR count). The van der Waals surface area contributed by atoms with Crippen LogP contribution in [0.1, 0.15) is 51.4 Å². The molecule has 90 valence electrons. The molecule has 3 heteroatoms. The number of nitrogens with zero attached hydrogens (tertiary/aromatic N) is 2.